The van der Waals surface area contributed by atoms with Crippen molar-refractivity contribution in [1.29, 1.82) is 0 Å². The number of carboxylic acid groups (broad SMARTS) is 1. The number of aliphatic carboxylic acids is 1. The van der Waals surface area contributed by atoms with Crippen LogP contribution in [0.2, 0.25) is 0 Å². The highest BCUT2D eigenvalue weighted by Gasteiger charge is 2.43. The summed E-state index contributed by atoms with van der Waals surface area (Å²) in [7, 11) is 1.46. The molecule has 1 fully saturated rings. The summed E-state index contributed by atoms with van der Waals surface area (Å²) in [5, 5.41) is 9.48. The van der Waals surface area contributed by atoms with Crippen LogP contribution in [0.15, 0.2) is 24.3 Å². The van der Waals surface area contributed by atoms with Gasteiger partial charge in [-0.25, -0.2) is 4.39 Å². The zero-order valence-corrected chi connectivity index (χ0v) is 12.5. The van der Waals surface area contributed by atoms with E-state index in [0.29, 0.717) is 24.9 Å². The molecule has 1 aromatic rings. The first kappa shape index (κ1) is 16.4. The molecule has 2 rings (SSSR count). The highest BCUT2D eigenvalue weighted by molar-refractivity contribution is 5.81. The lowest BCUT2D eigenvalue weighted by molar-refractivity contribution is -0.159. The van der Waals surface area contributed by atoms with E-state index in [1.165, 1.54) is 19.2 Å². The van der Waals surface area contributed by atoms with Crippen LogP contribution >= 0.6 is 0 Å². The minimum absolute atomic E-state index is 0.0860. The van der Waals surface area contributed by atoms with E-state index in [1.54, 1.807) is 17.0 Å². The summed E-state index contributed by atoms with van der Waals surface area (Å²) < 4.78 is 17.9. The molecule has 0 aromatic heterocycles. The zero-order valence-electron chi connectivity index (χ0n) is 12.5. The van der Waals surface area contributed by atoms with E-state index >= 15 is 0 Å². The van der Waals surface area contributed by atoms with Gasteiger partial charge in [0.05, 0.1) is 13.0 Å². The second-order valence-corrected chi connectivity index (χ2v) is 5.74. The first-order chi connectivity index (χ1) is 10.5. The molecule has 5 nitrogen and oxygen atoms in total. The van der Waals surface area contributed by atoms with Crippen LogP contribution in [0.1, 0.15) is 18.4 Å². The normalized spacial score (nSPS) is 21.6. The molecule has 0 spiro atoms. The van der Waals surface area contributed by atoms with Gasteiger partial charge in [0.15, 0.2) is 0 Å². The monoisotopic (exact) mass is 309 g/mol. The van der Waals surface area contributed by atoms with Crippen LogP contribution in [0, 0.1) is 11.2 Å². The van der Waals surface area contributed by atoms with Gasteiger partial charge in [0, 0.05) is 20.2 Å². The van der Waals surface area contributed by atoms with Crippen molar-refractivity contribution in [2.75, 3.05) is 26.8 Å². The Hall–Kier alpha value is -1.95. The number of hydrogen-bond acceptors (Lipinski definition) is 3. The largest absolute Gasteiger partial charge is 0.481 e. The fourth-order valence-corrected chi connectivity index (χ4v) is 2.86. The summed E-state index contributed by atoms with van der Waals surface area (Å²) in [6.45, 7) is 0.775. The van der Waals surface area contributed by atoms with E-state index in [4.69, 9.17) is 4.74 Å². The molecule has 0 saturated carbocycles. The Balaban J connectivity index is 2.06. The van der Waals surface area contributed by atoms with Crippen molar-refractivity contribution < 1.29 is 23.8 Å². The molecule has 1 unspecified atom stereocenters. The van der Waals surface area contributed by atoms with Crippen LogP contribution in [0.3, 0.4) is 0 Å². The number of amides is 1. The van der Waals surface area contributed by atoms with Gasteiger partial charge in [-0.15, -0.1) is 0 Å². The van der Waals surface area contributed by atoms with Gasteiger partial charge in [-0.1, -0.05) is 12.1 Å². The molecule has 1 N–H and O–H groups in total. The number of methoxy groups -OCH3 is 1. The molecule has 1 aromatic carbocycles. The van der Waals surface area contributed by atoms with E-state index in [1.807, 2.05) is 0 Å². The molecule has 22 heavy (non-hydrogen) atoms. The Bertz CT molecular complexity index is 542. The molecule has 120 valence electrons. The van der Waals surface area contributed by atoms with Crippen LogP contribution in [0.4, 0.5) is 4.39 Å². The van der Waals surface area contributed by atoms with Gasteiger partial charge < -0.3 is 14.7 Å². The molecule has 1 aliphatic heterocycles. The summed E-state index contributed by atoms with van der Waals surface area (Å²) in [6, 6.07) is 5.75. The quantitative estimate of drug-likeness (QED) is 0.899. The molecule has 0 radical (unpaired) electrons. The minimum atomic E-state index is -1.04. The van der Waals surface area contributed by atoms with Crippen molar-refractivity contribution in [3.05, 3.63) is 35.6 Å². The van der Waals surface area contributed by atoms with Gasteiger partial charge in [-0.05, 0) is 30.5 Å². The van der Waals surface area contributed by atoms with Gasteiger partial charge in [0.1, 0.15) is 11.2 Å². The number of halogens is 1. The number of carboxylic acids is 1. The molecular weight excluding hydrogens is 289 g/mol. The molecule has 1 heterocycles. The Morgan fingerprint density at radius 2 is 2.05 bits per heavy atom. The number of carbonyl (C=O) groups excluding carboxylic acids is 1. The predicted octanol–water partition coefficient (Wildman–Crippen LogP) is 1.71. The first-order valence-corrected chi connectivity index (χ1v) is 7.21. The van der Waals surface area contributed by atoms with Crippen LogP contribution in [0.25, 0.3) is 0 Å². The van der Waals surface area contributed by atoms with Crippen molar-refractivity contribution >= 4 is 11.9 Å². The van der Waals surface area contributed by atoms with Gasteiger partial charge in [-0.3, -0.25) is 9.59 Å². The predicted molar refractivity (Wildman–Crippen MR) is 77.9 cm³/mol. The number of rotatable bonds is 5. The van der Waals surface area contributed by atoms with Crippen LogP contribution in [-0.2, 0) is 20.7 Å². The van der Waals surface area contributed by atoms with Gasteiger partial charge in [0.2, 0.25) is 5.91 Å². The summed E-state index contributed by atoms with van der Waals surface area (Å²) in [5.74, 6) is -1.43. The lowest BCUT2D eigenvalue weighted by Gasteiger charge is -2.39. The van der Waals surface area contributed by atoms with Crippen molar-refractivity contribution in [1.82, 2.24) is 4.90 Å². The van der Waals surface area contributed by atoms with E-state index < -0.39 is 11.4 Å². The smallest absolute Gasteiger partial charge is 0.313 e. The Kier molecular flexibility index (Phi) is 5.13. The maximum absolute atomic E-state index is 12.9. The van der Waals surface area contributed by atoms with Crippen LogP contribution in [-0.4, -0.2) is 48.7 Å². The maximum Gasteiger partial charge on any atom is 0.313 e. The fourth-order valence-electron chi connectivity index (χ4n) is 2.86. The fraction of sp³-hybridized carbons (Fsp3) is 0.500. The average Bonchev–Trinajstić information content (AvgIpc) is 2.50. The van der Waals surface area contributed by atoms with E-state index in [2.05, 4.69) is 0 Å². The van der Waals surface area contributed by atoms with Crippen LogP contribution < -0.4 is 0 Å². The second-order valence-electron chi connectivity index (χ2n) is 5.74. The Morgan fingerprint density at radius 1 is 1.36 bits per heavy atom. The molecular formula is C16H20FNO4. The lowest BCUT2D eigenvalue weighted by atomic mass is 9.80. The van der Waals surface area contributed by atoms with Gasteiger partial charge >= 0.3 is 5.97 Å². The van der Waals surface area contributed by atoms with Crippen molar-refractivity contribution in [3.63, 3.8) is 0 Å². The number of benzene rings is 1. The molecule has 6 heteroatoms. The van der Waals surface area contributed by atoms with Crippen molar-refractivity contribution in [2.45, 2.75) is 19.3 Å². The third-order valence-electron chi connectivity index (χ3n) is 4.07. The Morgan fingerprint density at radius 3 is 2.64 bits per heavy atom. The number of hydrogen-bond donors (Lipinski definition) is 1. The standard InChI is InChI=1S/C16H20FNO4/c1-22-11-16(15(20)21)7-2-8-18(10-16)14(19)9-12-3-5-13(17)6-4-12/h3-6H,2,7-11H2,1H3,(H,20,21). The van der Waals surface area contributed by atoms with Gasteiger partial charge in [-0.2, -0.15) is 0 Å². The maximum atomic E-state index is 12.9. The average molecular weight is 309 g/mol. The van der Waals surface area contributed by atoms with Crippen molar-refractivity contribution in [3.8, 4) is 0 Å². The molecule has 1 aliphatic rings. The minimum Gasteiger partial charge on any atom is -0.481 e. The number of carbonyl (C=O) groups is 2. The van der Waals surface area contributed by atoms with Gasteiger partial charge in [0.25, 0.3) is 0 Å². The molecule has 1 atom stereocenters. The molecule has 0 bridgehead atoms. The van der Waals surface area contributed by atoms with E-state index in [0.717, 1.165) is 0 Å². The number of likely N-dealkylation sites (tertiary alicyclic amines) is 1. The third kappa shape index (κ3) is 3.62. The first-order valence-electron chi connectivity index (χ1n) is 7.21. The van der Waals surface area contributed by atoms with Crippen LogP contribution in [0.5, 0.6) is 0 Å². The summed E-state index contributed by atoms with van der Waals surface area (Å²) in [4.78, 5) is 25.5. The number of ether oxygens (including phenoxy) is 1. The zero-order chi connectivity index (χ0) is 16.2. The van der Waals surface area contributed by atoms with E-state index in [-0.39, 0.29) is 31.3 Å². The summed E-state index contributed by atoms with van der Waals surface area (Å²) >= 11 is 0. The van der Waals surface area contributed by atoms with E-state index in [9.17, 15) is 19.1 Å². The summed E-state index contributed by atoms with van der Waals surface area (Å²) in [6.07, 6.45) is 1.27. The summed E-state index contributed by atoms with van der Waals surface area (Å²) in [5.41, 5.74) is -0.324. The van der Waals surface area contributed by atoms with Crippen molar-refractivity contribution in [2.24, 2.45) is 5.41 Å². The highest BCUT2D eigenvalue weighted by Crippen LogP contribution is 2.31. The molecule has 1 amide bonds. The number of piperidine rings is 1. The Labute approximate surface area is 128 Å². The SMILES string of the molecule is COCC1(C(=O)O)CCCN(C(=O)Cc2ccc(F)cc2)C1. The third-order valence-corrected chi connectivity index (χ3v) is 4.07. The second kappa shape index (κ2) is 6.87. The highest BCUT2D eigenvalue weighted by atomic mass is 19.1. The molecule has 1 saturated heterocycles. The lowest BCUT2D eigenvalue weighted by Crippen LogP contribution is -2.52. The number of nitrogens with zero attached hydrogens (tertiary/aromatic N) is 1. The topological polar surface area (TPSA) is 66.8 Å². The molecule has 0 aliphatic carbocycles.